The van der Waals surface area contributed by atoms with Crippen molar-refractivity contribution in [1.29, 1.82) is 0 Å². The molecule has 1 aliphatic heterocycles. The van der Waals surface area contributed by atoms with Crippen LogP contribution in [0.3, 0.4) is 0 Å². The van der Waals surface area contributed by atoms with Crippen LogP contribution in [0.4, 0.5) is 10.5 Å². The first-order chi connectivity index (χ1) is 10.1. The molecular formula is C15H20N2O4. The number of nitrogens with one attached hydrogen (secondary N) is 1. The van der Waals surface area contributed by atoms with Gasteiger partial charge in [0.25, 0.3) is 0 Å². The Morgan fingerprint density at radius 2 is 2.14 bits per heavy atom. The van der Waals surface area contributed by atoms with Crippen molar-refractivity contribution in [2.24, 2.45) is 0 Å². The fraction of sp³-hybridized carbons (Fsp3) is 0.467. The zero-order valence-electron chi connectivity index (χ0n) is 12.0. The first-order valence-electron chi connectivity index (χ1n) is 7.01. The molecule has 1 atom stereocenters. The van der Waals surface area contributed by atoms with Gasteiger partial charge in [0.2, 0.25) is 0 Å². The van der Waals surface area contributed by atoms with Gasteiger partial charge in [-0.1, -0.05) is 18.2 Å². The summed E-state index contributed by atoms with van der Waals surface area (Å²) in [5, 5.41) is 11.6. The third kappa shape index (κ3) is 3.72. The molecule has 0 saturated carbocycles. The molecule has 0 aromatic heterocycles. The van der Waals surface area contributed by atoms with Crippen molar-refractivity contribution in [3.05, 3.63) is 29.8 Å². The normalized spacial score (nSPS) is 15.8. The van der Waals surface area contributed by atoms with E-state index in [1.54, 1.807) is 4.90 Å². The lowest BCUT2D eigenvalue weighted by molar-refractivity contribution is -0.140. The average Bonchev–Trinajstić information content (AvgIpc) is 2.69. The molecule has 114 valence electrons. The average molecular weight is 292 g/mol. The molecule has 1 aromatic carbocycles. The van der Waals surface area contributed by atoms with Crippen LogP contribution in [0.5, 0.6) is 0 Å². The van der Waals surface area contributed by atoms with E-state index in [9.17, 15) is 9.59 Å². The van der Waals surface area contributed by atoms with Crippen LogP contribution < -0.4 is 10.2 Å². The summed E-state index contributed by atoms with van der Waals surface area (Å²) < 4.78 is 4.83. The number of nitrogens with zero attached hydrogens (tertiary/aromatic N) is 1. The number of ether oxygens (including phenoxy) is 1. The van der Waals surface area contributed by atoms with E-state index in [-0.39, 0.29) is 6.61 Å². The molecule has 2 N–H and O–H groups in total. The minimum atomic E-state index is -1.10. The van der Waals surface area contributed by atoms with Gasteiger partial charge in [-0.05, 0) is 30.9 Å². The molecule has 0 saturated heterocycles. The maximum absolute atomic E-state index is 12.4. The van der Waals surface area contributed by atoms with E-state index in [1.165, 1.54) is 7.11 Å². The summed E-state index contributed by atoms with van der Waals surface area (Å²) >= 11 is 0. The number of fused-ring (bicyclic) bond motifs is 1. The van der Waals surface area contributed by atoms with E-state index >= 15 is 0 Å². The van der Waals surface area contributed by atoms with Crippen LogP contribution in [0.2, 0.25) is 0 Å². The van der Waals surface area contributed by atoms with Crippen molar-refractivity contribution in [1.82, 2.24) is 5.32 Å². The van der Waals surface area contributed by atoms with E-state index in [4.69, 9.17) is 9.84 Å². The van der Waals surface area contributed by atoms with E-state index in [2.05, 4.69) is 5.32 Å². The van der Waals surface area contributed by atoms with Crippen molar-refractivity contribution >= 4 is 17.7 Å². The summed E-state index contributed by atoms with van der Waals surface area (Å²) in [4.78, 5) is 25.1. The van der Waals surface area contributed by atoms with Gasteiger partial charge < -0.3 is 15.2 Å². The smallest absolute Gasteiger partial charge is 0.328 e. The Hall–Kier alpha value is -2.08. The number of hydrogen-bond donors (Lipinski definition) is 2. The molecule has 0 fully saturated rings. The molecule has 0 spiro atoms. The topological polar surface area (TPSA) is 78.9 Å². The molecule has 2 rings (SSSR count). The van der Waals surface area contributed by atoms with Crippen LogP contribution >= 0.6 is 0 Å². The number of aliphatic carboxylic acids is 1. The third-order valence-corrected chi connectivity index (χ3v) is 3.53. The standard InChI is InChI=1S/C15H20N2O4/c1-21-10-12(14(18)19)16-15(20)17-9-5-4-7-11-6-2-3-8-13(11)17/h2-3,6,8,12H,4-5,7,9-10H2,1H3,(H,16,20)(H,18,19). The third-order valence-electron chi connectivity index (χ3n) is 3.53. The highest BCUT2D eigenvalue weighted by molar-refractivity contribution is 5.95. The van der Waals surface area contributed by atoms with Crippen LogP contribution in [0.1, 0.15) is 18.4 Å². The van der Waals surface area contributed by atoms with Gasteiger partial charge in [-0.2, -0.15) is 0 Å². The number of urea groups is 1. The zero-order chi connectivity index (χ0) is 15.2. The summed E-state index contributed by atoms with van der Waals surface area (Å²) in [5.41, 5.74) is 1.97. The second-order valence-electron chi connectivity index (χ2n) is 5.03. The van der Waals surface area contributed by atoms with Crippen molar-refractivity contribution in [3.8, 4) is 0 Å². The quantitative estimate of drug-likeness (QED) is 0.884. The van der Waals surface area contributed by atoms with Gasteiger partial charge in [0.1, 0.15) is 0 Å². The van der Waals surface area contributed by atoms with Crippen LogP contribution in [-0.2, 0) is 16.0 Å². The van der Waals surface area contributed by atoms with Gasteiger partial charge in [0.05, 0.1) is 6.61 Å². The number of methoxy groups -OCH3 is 1. The highest BCUT2D eigenvalue weighted by atomic mass is 16.5. The monoisotopic (exact) mass is 292 g/mol. The van der Waals surface area contributed by atoms with Crippen LogP contribution in [0.15, 0.2) is 24.3 Å². The van der Waals surface area contributed by atoms with E-state index in [0.29, 0.717) is 6.54 Å². The highest BCUT2D eigenvalue weighted by Gasteiger charge is 2.25. The van der Waals surface area contributed by atoms with E-state index < -0.39 is 18.0 Å². The van der Waals surface area contributed by atoms with Crippen molar-refractivity contribution < 1.29 is 19.4 Å². The minimum absolute atomic E-state index is 0.0590. The minimum Gasteiger partial charge on any atom is -0.480 e. The molecule has 1 aromatic rings. The molecule has 0 radical (unpaired) electrons. The first-order valence-corrected chi connectivity index (χ1v) is 7.01. The van der Waals surface area contributed by atoms with Crippen molar-refractivity contribution in [3.63, 3.8) is 0 Å². The fourth-order valence-electron chi connectivity index (χ4n) is 2.47. The number of benzene rings is 1. The number of carbonyl (C=O) groups excluding carboxylic acids is 1. The van der Waals surface area contributed by atoms with Gasteiger partial charge in [-0.3, -0.25) is 4.90 Å². The second-order valence-corrected chi connectivity index (χ2v) is 5.03. The molecule has 6 nitrogen and oxygen atoms in total. The summed E-state index contributed by atoms with van der Waals surface area (Å²) in [5.74, 6) is -1.10. The predicted molar refractivity (Wildman–Crippen MR) is 78.6 cm³/mol. The Morgan fingerprint density at radius 1 is 1.38 bits per heavy atom. The van der Waals surface area contributed by atoms with E-state index in [0.717, 1.165) is 30.5 Å². The molecule has 2 amide bonds. The number of rotatable bonds is 4. The molecular weight excluding hydrogens is 272 g/mol. The van der Waals surface area contributed by atoms with Gasteiger partial charge in [0.15, 0.2) is 6.04 Å². The summed E-state index contributed by atoms with van der Waals surface area (Å²) in [6.07, 6.45) is 2.84. The van der Waals surface area contributed by atoms with Crippen LogP contribution in [-0.4, -0.2) is 43.4 Å². The Kier molecular flexibility index (Phi) is 5.16. The zero-order valence-corrected chi connectivity index (χ0v) is 12.0. The number of hydrogen-bond acceptors (Lipinski definition) is 3. The Balaban J connectivity index is 2.16. The maximum Gasteiger partial charge on any atom is 0.328 e. The number of aryl methyl sites for hydroxylation is 1. The molecule has 21 heavy (non-hydrogen) atoms. The number of para-hydroxylation sites is 1. The van der Waals surface area contributed by atoms with Gasteiger partial charge in [0, 0.05) is 19.3 Å². The SMILES string of the molecule is COCC(NC(=O)N1CCCCc2ccccc21)C(=O)O. The van der Waals surface area contributed by atoms with Gasteiger partial charge in [-0.25, -0.2) is 9.59 Å². The molecule has 0 bridgehead atoms. The summed E-state index contributed by atoms with van der Waals surface area (Å²) in [6.45, 7) is 0.527. The molecule has 1 unspecified atom stereocenters. The number of anilines is 1. The first kappa shape index (κ1) is 15.3. The second kappa shape index (κ2) is 7.08. The van der Waals surface area contributed by atoms with Gasteiger partial charge >= 0.3 is 12.0 Å². The lowest BCUT2D eigenvalue weighted by atomic mass is 10.1. The van der Waals surface area contributed by atoms with Crippen molar-refractivity contribution in [2.45, 2.75) is 25.3 Å². The lowest BCUT2D eigenvalue weighted by Gasteiger charge is -2.25. The lowest BCUT2D eigenvalue weighted by Crippen LogP contribution is -2.50. The largest absolute Gasteiger partial charge is 0.480 e. The maximum atomic E-state index is 12.4. The van der Waals surface area contributed by atoms with E-state index in [1.807, 2.05) is 24.3 Å². The Bertz CT molecular complexity index is 518. The Labute approximate surface area is 123 Å². The van der Waals surface area contributed by atoms with Gasteiger partial charge in [-0.15, -0.1) is 0 Å². The molecule has 6 heteroatoms. The van der Waals surface area contributed by atoms with Crippen molar-refractivity contribution in [2.75, 3.05) is 25.2 Å². The number of carboxylic acid groups (broad SMARTS) is 1. The van der Waals surface area contributed by atoms with Crippen LogP contribution in [0.25, 0.3) is 0 Å². The van der Waals surface area contributed by atoms with Crippen LogP contribution in [0, 0.1) is 0 Å². The predicted octanol–water partition coefficient (Wildman–Crippen LogP) is 1.64. The summed E-state index contributed by atoms with van der Waals surface area (Å²) in [6, 6.07) is 6.29. The Morgan fingerprint density at radius 3 is 2.86 bits per heavy atom. The fourth-order valence-corrected chi connectivity index (χ4v) is 2.47. The molecule has 1 aliphatic rings. The highest BCUT2D eigenvalue weighted by Crippen LogP contribution is 2.26. The number of carboxylic acids is 1. The molecule has 0 aliphatic carbocycles. The molecule has 1 heterocycles. The number of amides is 2. The number of carbonyl (C=O) groups is 2. The summed E-state index contributed by atoms with van der Waals surface area (Å²) in [7, 11) is 1.41.